The third-order valence-corrected chi connectivity index (χ3v) is 5.26. The smallest absolute Gasteiger partial charge is 0.284 e. The largest absolute Gasteiger partial charge is 0.298 e. The van der Waals surface area contributed by atoms with Gasteiger partial charge >= 0.3 is 0 Å². The molecule has 0 saturated carbocycles. The maximum absolute atomic E-state index is 12.4. The molecule has 0 spiro atoms. The molecule has 0 radical (unpaired) electrons. The summed E-state index contributed by atoms with van der Waals surface area (Å²) in [4.78, 5) is 37.7. The molecule has 2 aromatic carbocycles. The fraction of sp³-hybridized carbons (Fsp3) is 0.0588. The summed E-state index contributed by atoms with van der Waals surface area (Å²) in [6.45, 7) is 1.64. The van der Waals surface area contributed by atoms with Crippen molar-refractivity contribution in [2.45, 2.75) is 6.92 Å². The number of hydrogen-bond acceptors (Lipinski definition) is 7. The Morgan fingerprint density at radius 1 is 1.11 bits per heavy atom. The highest BCUT2D eigenvalue weighted by Gasteiger charge is 2.18. The van der Waals surface area contributed by atoms with Crippen molar-refractivity contribution in [2.75, 3.05) is 5.32 Å². The van der Waals surface area contributed by atoms with Gasteiger partial charge in [0, 0.05) is 34.2 Å². The minimum Gasteiger partial charge on any atom is -0.298 e. The molecular weight excluding hydrogens is 452 g/mol. The Labute approximate surface area is 170 Å². The van der Waals surface area contributed by atoms with Gasteiger partial charge in [0.15, 0.2) is 5.13 Å². The molecule has 1 amide bonds. The predicted octanol–water partition coefficient (Wildman–Crippen LogP) is 4.95. The zero-order valence-corrected chi connectivity index (χ0v) is 16.6. The second kappa shape index (κ2) is 7.82. The number of thiazole rings is 1. The van der Waals surface area contributed by atoms with E-state index in [1.165, 1.54) is 18.2 Å². The summed E-state index contributed by atoms with van der Waals surface area (Å²) in [5, 5.41) is 26.6. The van der Waals surface area contributed by atoms with Gasteiger partial charge in [-0.2, -0.15) is 0 Å². The molecular formula is C17H11BrN4O5S. The van der Waals surface area contributed by atoms with E-state index in [1.807, 2.05) is 0 Å². The van der Waals surface area contributed by atoms with E-state index in [4.69, 9.17) is 0 Å². The standard InChI is InChI=1S/C17H11BrN4O5S/c1-9-2-3-10(6-14(9)21(24)25)13-8-28-17(19-13)20-16(23)11-4-5-12(18)15(7-11)22(26)27/h2-8H,1H3,(H,19,20,23). The summed E-state index contributed by atoms with van der Waals surface area (Å²) in [5.74, 6) is -0.550. The van der Waals surface area contributed by atoms with Crippen LogP contribution in [-0.2, 0) is 0 Å². The van der Waals surface area contributed by atoms with Gasteiger partial charge in [-0.25, -0.2) is 4.98 Å². The van der Waals surface area contributed by atoms with Gasteiger partial charge in [0.05, 0.1) is 20.0 Å². The van der Waals surface area contributed by atoms with Crippen LogP contribution >= 0.6 is 27.3 Å². The monoisotopic (exact) mass is 462 g/mol. The maximum Gasteiger partial charge on any atom is 0.284 e. The molecule has 1 heterocycles. The van der Waals surface area contributed by atoms with Crippen molar-refractivity contribution in [1.82, 2.24) is 4.98 Å². The maximum atomic E-state index is 12.4. The molecule has 0 bridgehead atoms. The Kier molecular flexibility index (Phi) is 5.47. The van der Waals surface area contributed by atoms with Gasteiger partial charge in [0.25, 0.3) is 17.3 Å². The Balaban J connectivity index is 1.83. The SMILES string of the molecule is Cc1ccc(-c2csc(NC(=O)c3ccc(Br)c([N+](=O)[O-])c3)n2)cc1[N+](=O)[O-]. The predicted molar refractivity (Wildman–Crippen MR) is 108 cm³/mol. The highest BCUT2D eigenvalue weighted by molar-refractivity contribution is 9.10. The van der Waals surface area contributed by atoms with Crippen molar-refractivity contribution in [3.05, 3.63) is 77.6 Å². The number of benzene rings is 2. The van der Waals surface area contributed by atoms with E-state index in [0.29, 0.717) is 16.8 Å². The first-order valence-electron chi connectivity index (χ1n) is 7.72. The number of carbonyl (C=O) groups is 1. The van der Waals surface area contributed by atoms with Crippen molar-refractivity contribution in [1.29, 1.82) is 0 Å². The van der Waals surface area contributed by atoms with E-state index in [0.717, 1.165) is 17.4 Å². The minimum absolute atomic E-state index is 0.0155. The third-order valence-electron chi connectivity index (χ3n) is 3.83. The van der Waals surface area contributed by atoms with Crippen LogP contribution in [0.3, 0.4) is 0 Å². The molecule has 0 unspecified atom stereocenters. The molecule has 142 valence electrons. The Bertz CT molecular complexity index is 1110. The number of nitrogens with zero attached hydrogens (tertiary/aromatic N) is 3. The Hall–Kier alpha value is -3.18. The summed E-state index contributed by atoms with van der Waals surface area (Å²) in [6.07, 6.45) is 0. The van der Waals surface area contributed by atoms with Gasteiger partial charge < -0.3 is 0 Å². The molecule has 0 saturated heterocycles. The molecule has 3 rings (SSSR count). The van der Waals surface area contributed by atoms with Crippen LogP contribution in [0.1, 0.15) is 15.9 Å². The van der Waals surface area contributed by atoms with Crippen LogP contribution in [0, 0.1) is 27.2 Å². The third kappa shape index (κ3) is 4.05. The van der Waals surface area contributed by atoms with E-state index in [2.05, 4.69) is 26.2 Å². The van der Waals surface area contributed by atoms with Crippen molar-refractivity contribution in [3.8, 4) is 11.3 Å². The van der Waals surface area contributed by atoms with E-state index >= 15 is 0 Å². The molecule has 0 aliphatic heterocycles. The lowest BCUT2D eigenvalue weighted by Gasteiger charge is -2.03. The van der Waals surface area contributed by atoms with E-state index in [9.17, 15) is 25.0 Å². The van der Waals surface area contributed by atoms with Crippen LogP contribution in [-0.4, -0.2) is 20.7 Å². The van der Waals surface area contributed by atoms with Gasteiger partial charge in [-0.3, -0.25) is 30.3 Å². The number of nitro groups is 2. The molecule has 1 aromatic heterocycles. The van der Waals surface area contributed by atoms with Crippen molar-refractivity contribution >= 4 is 49.7 Å². The molecule has 3 aromatic rings. The molecule has 11 heteroatoms. The molecule has 9 nitrogen and oxygen atoms in total. The number of carbonyl (C=O) groups excluding carboxylic acids is 1. The first-order chi connectivity index (χ1) is 13.3. The Morgan fingerprint density at radius 3 is 2.50 bits per heavy atom. The van der Waals surface area contributed by atoms with Gasteiger partial charge in [-0.05, 0) is 35.0 Å². The molecule has 1 N–H and O–H groups in total. The molecule has 0 aliphatic rings. The van der Waals surface area contributed by atoms with Gasteiger partial charge in [0.1, 0.15) is 0 Å². The average molecular weight is 463 g/mol. The van der Waals surface area contributed by atoms with Crippen LogP contribution in [0.2, 0.25) is 0 Å². The normalized spacial score (nSPS) is 10.5. The van der Waals surface area contributed by atoms with E-state index in [-0.39, 0.29) is 26.5 Å². The number of anilines is 1. The van der Waals surface area contributed by atoms with Crippen LogP contribution in [0.5, 0.6) is 0 Å². The lowest BCUT2D eigenvalue weighted by atomic mass is 10.1. The number of amides is 1. The number of hydrogen-bond donors (Lipinski definition) is 1. The van der Waals surface area contributed by atoms with E-state index in [1.54, 1.807) is 24.4 Å². The first kappa shape index (κ1) is 19.6. The van der Waals surface area contributed by atoms with Crippen LogP contribution in [0.4, 0.5) is 16.5 Å². The fourth-order valence-electron chi connectivity index (χ4n) is 2.39. The lowest BCUT2D eigenvalue weighted by molar-refractivity contribution is -0.385. The zero-order valence-electron chi connectivity index (χ0n) is 14.2. The number of halogens is 1. The van der Waals surface area contributed by atoms with Gasteiger partial charge in [-0.15, -0.1) is 11.3 Å². The summed E-state index contributed by atoms with van der Waals surface area (Å²) in [7, 11) is 0. The van der Waals surface area contributed by atoms with Crippen molar-refractivity contribution in [3.63, 3.8) is 0 Å². The van der Waals surface area contributed by atoms with Crippen molar-refractivity contribution in [2.24, 2.45) is 0 Å². The van der Waals surface area contributed by atoms with Crippen LogP contribution in [0.25, 0.3) is 11.3 Å². The summed E-state index contributed by atoms with van der Waals surface area (Å²) in [5.41, 5.74) is 1.43. The van der Waals surface area contributed by atoms with Crippen LogP contribution in [0.15, 0.2) is 46.3 Å². The number of aryl methyl sites for hydroxylation is 1. The number of rotatable bonds is 5. The number of aromatic nitrogens is 1. The minimum atomic E-state index is -0.591. The highest BCUT2D eigenvalue weighted by Crippen LogP contribution is 2.30. The van der Waals surface area contributed by atoms with Gasteiger partial charge in [-0.1, -0.05) is 12.1 Å². The summed E-state index contributed by atoms with van der Waals surface area (Å²) < 4.78 is 0.270. The zero-order chi connectivity index (χ0) is 20.4. The molecule has 28 heavy (non-hydrogen) atoms. The summed E-state index contributed by atoms with van der Waals surface area (Å²) >= 11 is 4.21. The Morgan fingerprint density at radius 2 is 1.82 bits per heavy atom. The molecule has 0 aliphatic carbocycles. The first-order valence-corrected chi connectivity index (χ1v) is 9.40. The number of nitrogens with one attached hydrogen (secondary N) is 1. The van der Waals surface area contributed by atoms with Gasteiger partial charge in [0.2, 0.25) is 0 Å². The topological polar surface area (TPSA) is 128 Å². The van der Waals surface area contributed by atoms with Crippen LogP contribution < -0.4 is 5.32 Å². The summed E-state index contributed by atoms with van der Waals surface area (Å²) in [6, 6.07) is 8.80. The molecule has 0 fully saturated rings. The molecule has 0 atom stereocenters. The lowest BCUT2D eigenvalue weighted by Crippen LogP contribution is -2.12. The second-order valence-electron chi connectivity index (χ2n) is 5.67. The highest BCUT2D eigenvalue weighted by atomic mass is 79.9. The quantitative estimate of drug-likeness (QED) is 0.421. The van der Waals surface area contributed by atoms with Crippen molar-refractivity contribution < 1.29 is 14.6 Å². The number of nitro benzene ring substituents is 2. The van der Waals surface area contributed by atoms with E-state index < -0.39 is 15.8 Å². The second-order valence-corrected chi connectivity index (χ2v) is 7.39. The fourth-order valence-corrected chi connectivity index (χ4v) is 3.50. The average Bonchev–Trinajstić information content (AvgIpc) is 3.10.